The first-order chi connectivity index (χ1) is 13.4. The number of aliphatic hydroxyl groups is 1. The van der Waals surface area contributed by atoms with Gasteiger partial charge >= 0.3 is 0 Å². The number of benzene rings is 1. The zero-order chi connectivity index (χ0) is 20.3. The number of ether oxygens (including phenoxy) is 1. The molecule has 1 saturated heterocycles. The Hall–Kier alpha value is -3.07. The van der Waals surface area contributed by atoms with Crippen LogP contribution in [0.25, 0.3) is 0 Å². The van der Waals surface area contributed by atoms with Gasteiger partial charge in [-0.15, -0.1) is 0 Å². The van der Waals surface area contributed by atoms with E-state index in [0.717, 1.165) is 23.7 Å². The number of amides is 3. The van der Waals surface area contributed by atoms with Crippen LogP contribution in [0.4, 0.5) is 11.4 Å². The molecule has 28 heavy (non-hydrogen) atoms. The Morgan fingerprint density at radius 2 is 1.93 bits per heavy atom. The third-order valence-corrected chi connectivity index (χ3v) is 4.88. The fourth-order valence-corrected chi connectivity index (χ4v) is 3.31. The third kappa shape index (κ3) is 3.94. The van der Waals surface area contributed by atoms with Crippen molar-refractivity contribution in [2.24, 2.45) is 0 Å². The van der Waals surface area contributed by atoms with Crippen LogP contribution in [0.1, 0.15) is 6.92 Å². The number of β-amino-alcohol motifs (C(OH)–C–C–N with tert-alkyl or cyclic N) is 1. The van der Waals surface area contributed by atoms with E-state index in [1.54, 1.807) is 13.0 Å². The minimum atomic E-state index is -0.481. The van der Waals surface area contributed by atoms with Crippen LogP contribution in [0, 0.1) is 0 Å². The number of aliphatic hydroxyl groups excluding tert-OH is 1. The van der Waals surface area contributed by atoms with Crippen molar-refractivity contribution in [2.75, 3.05) is 56.7 Å². The quantitative estimate of drug-likeness (QED) is 0.663. The molecular formula is C19H24N4O5. The number of nitrogens with one attached hydrogen (secondary N) is 1. The lowest BCUT2D eigenvalue weighted by atomic mass is 10.2. The molecule has 0 radical (unpaired) electrons. The summed E-state index contributed by atoms with van der Waals surface area (Å²) in [5.74, 6) is -0.324. The predicted molar refractivity (Wildman–Crippen MR) is 103 cm³/mol. The van der Waals surface area contributed by atoms with Gasteiger partial charge in [0.15, 0.2) is 0 Å². The van der Waals surface area contributed by atoms with Crippen molar-refractivity contribution < 1.29 is 24.2 Å². The number of carbonyl (C=O) groups is 3. The minimum absolute atomic E-state index is 0.0400. The zero-order valence-corrected chi connectivity index (χ0v) is 16.0. The van der Waals surface area contributed by atoms with Crippen LogP contribution in [0.3, 0.4) is 0 Å². The lowest BCUT2D eigenvalue weighted by Crippen LogP contribution is -2.48. The summed E-state index contributed by atoms with van der Waals surface area (Å²) in [6.45, 7) is 4.04. The number of anilines is 2. The molecule has 3 rings (SSSR count). The van der Waals surface area contributed by atoms with E-state index in [-0.39, 0.29) is 24.8 Å². The maximum Gasteiger partial charge on any atom is 0.277 e. The number of carbonyl (C=O) groups excluding carboxylic acids is 3. The molecule has 0 aromatic heterocycles. The van der Waals surface area contributed by atoms with Gasteiger partial charge in [-0.2, -0.15) is 0 Å². The van der Waals surface area contributed by atoms with E-state index < -0.39 is 11.8 Å². The van der Waals surface area contributed by atoms with Gasteiger partial charge in [-0.3, -0.25) is 19.3 Å². The van der Waals surface area contributed by atoms with Crippen LogP contribution in [0.15, 0.2) is 30.0 Å². The van der Waals surface area contributed by atoms with E-state index in [9.17, 15) is 14.4 Å². The molecule has 2 N–H and O–H groups in total. The lowest BCUT2D eigenvalue weighted by molar-refractivity contribution is -0.137. The van der Waals surface area contributed by atoms with Gasteiger partial charge in [0.2, 0.25) is 5.91 Å². The lowest BCUT2D eigenvalue weighted by Gasteiger charge is -2.35. The number of nitrogens with zero attached hydrogens (tertiary/aromatic N) is 3. The SMILES string of the molecule is COc1cc(N2CCN(C(C)=O)CC2)ccc1NC1=CC(=O)N(CCO)C1=O. The Kier molecular flexibility index (Phi) is 5.84. The first kappa shape index (κ1) is 19.7. The Morgan fingerprint density at radius 3 is 2.54 bits per heavy atom. The highest BCUT2D eigenvalue weighted by atomic mass is 16.5. The normalized spacial score (nSPS) is 17.1. The van der Waals surface area contributed by atoms with E-state index in [1.807, 2.05) is 17.0 Å². The van der Waals surface area contributed by atoms with Crippen LogP contribution >= 0.6 is 0 Å². The molecule has 2 aliphatic heterocycles. The molecule has 1 fully saturated rings. The molecule has 0 bridgehead atoms. The van der Waals surface area contributed by atoms with Gasteiger partial charge in [0.05, 0.1) is 25.9 Å². The molecule has 0 saturated carbocycles. The Balaban J connectivity index is 1.72. The molecule has 1 aromatic carbocycles. The summed E-state index contributed by atoms with van der Waals surface area (Å²) in [4.78, 5) is 40.6. The van der Waals surface area contributed by atoms with E-state index in [1.165, 1.54) is 13.2 Å². The molecule has 2 aliphatic rings. The molecule has 0 unspecified atom stereocenters. The summed E-state index contributed by atoms with van der Waals surface area (Å²) in [5.41, 5.74) is 1.65. The van der Waals surface area contributed by atoms with Crippen LogP contribution in [0.5, 0.6) is 5.75 Å². The molecule has 9 nitrogen and oxygen atoms in total. The van der Waals surface area contributed by atoms with Gasteiger partial charge in [0.1, 0.15) is 11.4 Å². The molecule has 2 heterocycles. The van der Waals surface area contributed by atoms with Crippen molar-refractivity contribution in [3.8, 4) is 5.75 Å². The highest BCUT2D eigenvalue weighted by Crippen LogP contribution is 2.32. The van der Waals surface area contributed by atoms with Crippen LogP contribution in [-0.2, 0) is 14.4 Å². The summed E-state index contributed by atoms with van der Waals surface area (Å²) in [6, 6.07) is 5.56. The topological polar surface area (TPSA) is 102 Å². The summed E-state index contributed by atoms with van der Waals surface area (Å²) in [5, 5.41) is 11.9. The van der Waals surface area contributed by atoms with Crippen LogP contribution in [-0.4, -0.2) is 79.1 Å². The monoisotopic (exact) mass is 388 g/mol. The van der Waals surface area contributed by atoms with Gasteiger partial charge in [-0.05, 0) is 12.1 Å². The number of methoxy groups -OCH3 is 1. The van der Waals surface area contributed by atoms with E-state index in [2.05, 4.69) is 10.2 Å². The van der Waals surface area contributed by atoms with Crippen molar-refractivity contribution in [2.45, 2.75) is 6.92 Å². The van der Waals surface area contributed by atoms with E-state index in [4.69, 9.17) is 9.84 Å². The summed E-state index contributed by atoms with van der Waals surface area (Å²) < 4.78 is 5.45. The number of hydrogen-bond donors (Lipinski definition) is 2. The second kappa shape index (κ2) is 8.30. The fourth-order valence-electron chi connectivity index (χ4n) is 3.31. The van der Waals surface area contributed by atoms with Crippen LogP contribution in [0.2, 0.25) is 0 Å². The maximum absolute atomic E-state index is 12.3. The van der Waals surface area contributed by atoms with Crippen molar-refractivity contribution in [3.05, 3.63) is 30.0 Å². The van der Waals surface area contributed by atoms with Gasteiger partial charge in [0.25, 0.3) is 11.8 Å². The van der Waals surface area contributed by atoms with E-state index in [0.29, 0.717) is 24.5 Å². The molecule has 9 heteroatoms. The zero-order valence-electron chi connectivity index (χ0n) is 16.0. The van der Waals surface area contributed by atoms with Crippen molar-refractivity contribution in [1.82, 2.24) is 9.80 Å². The molecule has 0 atom stereocenters. The summed E-state index contributed by atoms with van der Waals surface area (Å²) in [7, 11) is 1.53. The van der Waals surface area contributed by atoms with Gasteiger partial charge in [0, 0.05) is 50.9 Å². The number of rotatable bonds is 6. The highest BCUT2D eigenvalue weighted by Gasteiger charge is 2.31. The Bertz CT molecular complexity index is 815. The Labute approximate surface area is 163 Å². The highest BCUT2D eigenvalue weighted by molar-refractivity contribution is 6.17. The molecular weight excluding hydrogens is 364 g/mol. The molecule has 150 valence electrons. The van der Waals surface area contributed by atoms with Crippen molar-refractivity contribution in [1.29, 1.82) is 0 Å². The molecule has 1 aromatic rings. The largest absolute Gasteiger partial charge is 0.494 e. The third-order valence-electron chi connectivity index (χ3n) is 4.88. The summed E-state index contributed by atoms with van der Waals surface area (Å²) >= 11 is 0. The van der Waals surface area contributed by atoms with Crippen molar-refractivity contribution >= 4 is 29.1 Å². The van der Waals surface area contributed by atoms with Crippen molar-refractivity contribution in [3.63, 3.8) is 0 Å². The number of hydrogen-bond acceptors (Lipinski definition) is 7. The van der Waals surface area contributed by atoms with E-state index >= 15 is 0 Å². The number of imide groups is 1. The molecule has 0 aliphatic carbocycles. The van der Waals surface area contributed by atoms with Gasteiger partial charge < -0.3 is 25.0 Å². The number of piperazine rings is 1. The molecule has 0 spiro atoms. The predicted octanol–water partition coefficient (Wildman–Crippen LogP) is 0.0206. The first-order valence-corrected chi connectivity index (χ1v) is 9.08. The second-order valence-corrected chi connectivity index (χ2v) is 6.58. The summed E-state index contributed by atoms with van der Waals surface area (Å²) in [6.07, 6.45) is 1.21. The average molecular weight is 388 g/mol. The van der Waals surface area contributed by atoms with Gasteiger partial charge in [-0.1, -0.05) is 0 Å². The standard InChI is InChI=1S/C19H24N4O5/c1-13(25)21-5-7-22(8-6-21)14-3-4-15(17(11-14)28-2)20-16-12-18(26)23(9-10-24)19(16)27/h3-4,11-12,20,24H,5-10H2,1-2H3. The fraction of sp³-hybridized carbons (Fsp3) is 0.421. The maximum atomic E-state index is 12.3. The second-order valence-electron chi connectivity index (χ2n) is 6.58. The smallest absolute Gasteiger partial charge is 0.277 e. The minimum Gasteiger partial charge on any atom is -0.494 e. The first-order valence-electron chi connectivity index (χ1n) is 9.08. The molecule has 3 amide bonds. The van der Waals surface area contributed by atoms with Gasteiger partial charge in [-0.25, -0.2) is 0 Å². The Morgan fingerprint density at radius 1 is 1.21 bits per heavy atom. The average Bonchev–Trinajstić information content (AvgIpc) is 2.96. The van der Waals surface area contributed by atoms with Crippen LogP contribution < -0.4 is 15.0 Å².